The molecule has 0 aromatic carbocycles. The minimum atomic E-state index is 0.298. The Morgan fingerprint density at radius 2 is 1.95 bits per heavy atom. The van der Waals surface area contributed by atoms with Gasteiger partial charge in [-0.2, -0.15) is 0 Å². The molecule has 0 aliphatic rings. The van der Waals surface area contributed by atoms with Crippen LogP contribution in [0.1, 0.15) is 65.0 Å². The summed E-state index contributed by atoms with van der Waals surface area (Å²) in [5.41, 5.74) is 0.896. The molecule has 0 saturated heterocycles. The van der Waals surface area contributed by atoms with E-state index in [1.807, 2.05) is 0 Å². The summed E-state index contributed by atoms with van der Waals surface area (Å²) in [6, 6.07) is 0. The molecular weight excluding hydrogens is 250 g/mol. The smallest absolute Gasteiger partial charge is 0.144 e. The minimum Gasteiger partial charge on any atom is -0.372 e. The highest BCUT2D eigenvalue weighted by molar-refractivity contribution is 5.30. The number of ether oxygens (including phenoxy) is 1. The van der Waals surface area contributed by atoms with E-state index in [0.717, 1.165) is 30.9 Å². The summed E-state index contributed by atoms with van der Waals surface area (Å²) in [5.74, 6) is 0.836. The van der Waals surface area contributed by atoms with Crippen molar-refractivity contribution >= 4 is 5.82 Å². The first-order valence-corrected chi connectivity index (χ1v) is 7.92. The van der Waals surface area contributed by atoms with Gasteiger partial charge < -0.3 is 10.1 Å². The van der Waals surface area contributed by atoms with Gasteiger partial charge in [0.2, 0.25) is 0 Å². The molecule has 1 heterocycles. The molecule has 1 N–H and O–H groups in total. The lowest BCUT2D eigenvalue weighted by Crippen LogP contribution is -2.09. The van der Waals surface area contributed by atoms with Gasteiger partial charge in [-0.1, -0.05) is 39.5 Å². The molecule has 0 saturated carbocycles. The molecule has 1 atom stereocenters. The largest absolute Gasteiger partial charge is 0.372 e. The molecule has 0 amide bonds. The lowest BCUT2D eigenvalue weighted by molar-refractivity contribution is 0.0438. The molecule has 4 nitrogen and oxygen atoms in total. The summed E-state index contributed by atoms with van der Waals surface area (Å²) in [7, 11) is 0. The van der Waals surface area contributed by atoms with Crippen molar-refractivity contribution in [2.45, 2.75) is 72.0 Å². The second-order valence-electron chi connectivity index (χ2n) is 5.29. The highest BCUT2D eigenvalue weighted by atomic mass is 16.5. The molecule has 1 rings (SSSR count). The van der Waals surface area contributed by atoms with Crippen LogP contribution < -0.4 is 5.32 Å². The van der Waals surface area contributed by atoms with Gasteiger partial charge >= 0.3 is 0 Å². The fourth-order valence-corrected chi connectivity index (χ4v) is 1.94. The van der Waals surface area contributed by atoms with Crippen LogP contribution in [0, 0.1) is 0 Å². The summed E-state index contributed by atoms with van der Waals surface area (Å²) >= 11 is 0. The van der Waals surface area contributed by atoms with Crippen molar-refractivity contribution in [3.63, 3.8) is 0 Å². The van der Waals surface area contributed by atoms with E-state index < -0.39 is 0 Å². The SMILES string of the molecule is CCCCCCC(C)OCc1cnc(NCCC)cn1. The zero-order valence-electron chi connectivity index (χ0n) is 13.2. The molecule has 114 valence electrons. The normalized spacial score (nSPS) is 12.3. The van der Waals surface area contributed by atoms with Gasteiger partial charge in [-0.3, -0.25) is 4.98 Å². The first-order chi connectivity index (χ1) is 9.76. The first kappa shape index (κ1) is 16.9. The molecule has 0 aliphatic carbocycles. The van der Waals surface area contributed by atoms with E-state index in [-0.39, 0.29) is 0 Å². The number of anilines is 1. The third-order valence-electron chi connectivity index (χ3n) is 3.24. The fraction of sp³-hybridized carbons (Fsp3) is 0.750. The van der Waals surface area contributed by atoms with Gasteiger partial charge in [0, 0.05) is 6.54 Å². The van der Waals surface area contributed by atoms with Crippen molar-refractivity contribution in [1.29, 1.82) is 0 Å². The zero-order valence-corrected chi connectivity index (χ0v) is 13.2. The van der Waals surface area contributed by atoms with Crippen molar-refractivity contribution in [2.75, 3.05) is 11.9 Å². The van der Waals surface area contributed by atoms with Crippen molar-refractivity contribution in [2.24, 2.45) is 0 Å². The Labute approximate surface area is 123 Å². The van der Waals surface area contributed by atoms with Crippen LogP contribution in [0.25, 0.3) is 0 Å². The Balaban J connectivity index is 2.20. The molecule has 0 spiro atoms. The number of rotatable bonds is 11. The Kier molecular flexibility index (Phi) is 8.96. The predicted octanol–water partition coefficient (Wildman–Crippen LogP) is 4.17. The standard InChI is InChI=1S/C16H29N3O/c1-4-6-7-8-9-14(3)20-13-15-11-19-16(12-18-15)17-10-5-2/h11-12,14H,4-10,13H2,1-3H3,(H,17,19). The van der Waals surface area contributed by atoms with Crippen molar-refractivity contribution < 1.29 is 4.74 Å². The summed E-state index contributed by atoms with van der Waals surface area (Å²) in [5, 5.41) is 3.21. The van der Waals surface area contributed by atoms with Crippen LogP contribution in [0.5, 0.6) is 0 Å². The van der Waals surface area contributed by atoms with E-state index in [9.17, 15) is 0 Å². The quantitative estimate of drug-likeness (QED) is 0.617. The van der Waals surface area contributed by atoms with Crippen LogP contribution >= 0.6 is 0 Å². The second-order valence-corrected chi connectivity index (χ2v) is 5.29. The molecule has 1 aromatic rings. The third-order valence-corrected chi connectivity index (χ3v) is 3.24. The zero-order chi connectivity index (χ0) is 14.6. The Hall–Kier alpha value is -1.16. The number of nitrogens with one attached hydrogen (secondary N) is 1. The fourth-order valence-electron chi connectivity index (χ4n) is 1.94. The summed E-state index contributed by atoms with van der Waals surface area (Å²) in [6.45, 7) is 7.98. The summed E-state index contributed by atoms with van der Waals surface area (Å²) < 4.78 is 5.81. The molecule has 20 heavy (non-hydrogen) atoms. The van der Waals surface area contributed by atoms with E-state index in [4.69, 9.17) is 4.74 Å². The maximum atomic E-state index is 5.81. The molecule has 1 aromatic heterocycles. The van der Waals surface area contributed by atoms with E-state index in [1.165, 1.54) is 25.7 Å². The lowest BCUT2D eigenvalue weighted by Gasteiger charge is -2.12. The maximum absolute atomic E-state index is 5.81. The molecule has 1 unspecified atom stereocenters. The lowest BCUT2D eigenvalue weighted by atomic mass is 10.1. The second kappa shape index (κ2) is 10.6. The molecular formula is C16H29N3O. The number of aromatic nitrogens is 2. The Morgan fingerprint density at radius 1 is 1.10 bits per heavy atom. The monoisotopic (exact) mass is 279 g/mol. The summed E-state index contributed by atoms with van der Waals surface area (Å²) in [6.07, 6.45) is 11.2. The van der Waals surface area contributed by atoms with E-state index in [1.54, 1.807) is 12.4 Å². The maximum Gasteiger partial charge on any atom is 0.144 e. The molecule has 0 aliphatic heterocycles. The van der Waals surface area contributed by atoms with E-state index in [2.05, 4.69) is 36.1 Å². The van der Waals surface area contributed by atoms with Crippen LogP contribution in [0.4, 0.5) is 5.82 Å². The van der Waals surface area contributed by atoms with Crippen LogP contribution in [-0.4, -0.2) is 22.6 Å². The van der Waals surface area contributed by atoms with Crippen LogP contribution in [0.3, 0.4) is 0 Å². The molecule has 0 bridgehead atoms. The van der Waals surface area contributed by atoms with E-state index >= 15 is 0 Å². The van der Waals surface area contributed by atoms with Crippen molar-refractivity contribution in [3.8, 4) is 0 Å². The van der Waals surface area contributed by atoms with Gasteiger partial charge in [-0.05, 0) is 19.8 Å². The number of hydrogen-bond donors (Lipinski definition) is 1. The van der Waals surface area contributed by atoms with Gasteiger partial charge in [0.05, 0.1) is 30.8 Å². The third kappa shape index (κ3) is 7.43. The summed E-state index contributed by atoms with van der Waals surface area (Å²) in [4.78, 5) is 8.69. The highest BCUT2D eigenvalue weighted by Gasteiger charge is 2.04. The van der Waals surface area contributed by atoms with E-state index in [0.29, 0.717) is 12.7 Å². The average Bonchev–Trinajstić information content (AvgIpc) is 2.48. The van der Waals surface area contributed by atoms with Crippen LogP contribution in [-0.2, 0) is 11.3 Å². The predicted molar refractivity (Wildman–Crippen MR) is 83.8 cm³/mol. The van der Waals surface area contributed by atoms with Gasteiger partial charge in [-0.15, -0.1) is 0 Å². The highest BCUT2D eigenvalue weighted by Crippen LogP contribution is 2.10. The topological polar surface area (TPSA) is 47.0 Å². The van der Waals surface area contributed by atoms with Crippen LogP contribution in [0.2, 0.25) is 0 Å². The Morgan fingerprint density at radius 3 is 2.60 bits per heavy atom. The molecule has 0 radical (unpaired) electrons. The molecule has 4 heteroatoms. The minimum absolute atomic E-state index is 0.298. The van der Waals surface area contributed by atoms with Gasteiger partial charge in [0.15, 0.2) is 0 Å². The van der Waals surface area contributed by atoms with Crippen molar-refractivity contribution in [1.82, 2.24) is 9.97 Å². The Bertz CT molecular complexity index is 340. The van der Waals surface area contributed by atoms with Crippen LogP contribution in [0.15, 0.2) is 12.4 Å². The first-order valence-electron chi connectivity index (χ1n) is 7.92. The molecule has 0 fully saturated rings. The van der Waals surface area contributed by atoms with Gasteiger partial charge in [-0.25, -0.2) is 4.98 Å². The average molecular weight is 279 g/mol. The number of unbranched alkanes of at least 4 members (excludes halogenated alkanes) is 3. The van der Waals surface area contributed by atoms with Gasteiger partial charge in [0.1, 0.15) is 5.82 Å². The number of nitrogens with zero attached hydrogens (tertiary/aromatic N) is 2. The van der Waals surface area contributed by atoms with Crippen molar-refractivity contribution in [3.05, 3.63) is 18.1 Å². The number of hydrogen-bond acceptors (Lipinski definition) is 4. The van der Waals surface area contributed by atoms with Gasteiger partial charge in [0.25, 0.3) is 0 Å².